The zero-order valence-electron chi connectivity index (χ0n) is 25.7. The maximum atomic E-state index is 11.1. The molecule has 6 nitrogen and oxygen atoms in total. The van der Waals surface area contributed by atoms with Gasteiger partial charge in [0.15, 0.2) is 5.78 Å². The van der Waals surface area contributed by atoms with Gasteiger partial charge in [0.25, 0.3) is 0 Å². The van der Waals surface area contributed by atoms with E-state index in [0.717, 1.165) is 44.6 Å². The van der Waals surface area contributed by atoms with Crippen molar-refractivity contribution in [3.8, 4) is 0 Å². The molecular weight excluding hydrogens is 440 g/mol. The van der Waals surface area contributed by atoms with Crippen LogP contribution in [0.5, 0.6) is 0 Å². The highest BCUT2D eigenvalue weighted by Crippen LogP contribution is 2.20. The van der Waals surface area contributed by atoms with Gasteiger partial charge < -0.3 is 15.4 Å². The number of ketones is 3. The molecule has 0 saturated carbocycles. The maximum Gasteiger partial charge on any atom is 0.200 e. The first kappa shape index (κ1) is 40.8. The Morgan fingerprint density at radius 2 is 1.46 bits per heavy atom. The second-order valence-electron chi connectivity index (χ2n) is 11.2. The summed E-state index contributed by atoms with van der Waals surface area (Å²) in [5.74, 6) is 1.53. The van der Waals surface area contributed by atoms with E-state index in [2.05, 4.69) is 39.6 Å². The Labute approximate surface area is 218 Å². The van der Waals surface area contributed by atoms with E-state index < -0.39 is 0 Å². The van der Waals surface area contributed by atoms with E-state index in [1.54, 1.807) is 13.8 Å². The molecule has 0 bridgehead atoms. The quantitative estimate of drug-likeness (QED) is 0.355. The predicted molar refractivity (Wildman–Crippen MR) is 151 cm³/mol. The molecule has 1 fully saturated rings. The molecule has 0 spiro atoms. The minimum atomic E-state index is -0.331. The average molecular weight is 501 g/mol. The summed E-state index contributed by atoms with van der Waals surface area (Å²) in [4.78, 5) is 44.7. The molecule has 0 aromatic carbocycles. The van der Waals surface area contributed by atoms with Crippen molar-refractivity contribution in [2.45, 2.75) is 115 Å². The topological polar surface area (TPSA) is 97.5 Å². The van der Waals surface area contributed by atoms with Crippen LogP contribution in [0.1, 0.15) is 109 Å². The Balaban J connectivity index is -0.000000187. The molecule has 1 saturated heterocycles. The van der Waals surface area contributed by atoms with Gasteiger partial charge in [-0.3, -0.25) is 14.4 Å². The van der Waals surface area contributed by atoms with Crippen molar-refractivity contribution in [2.24, 2.45) is 34.8 Å². The maximum absolute atomic E-state index is 11.1. The van der Waals surface area contributed by atoms with Gasteiger partial charge in [-0.25, -0.2) is 0 Å². The molecule has 4 atom stereocenters. The number of likely N-dealkylation sites (tertiary alicyclic amines) is 1. The van der Waals surface area contributed by atoms with Crippen LogP contribution in [0.15, 0.2) is 0 Å². The lowest BCUT2D eigenvalue weighted by molar-refractivity contribution is -0.137. The fraction of sp³-hybridized carbons (Fsp3) is 0.862. The highest BCUT2D eigenvalue weighted by atomic mass is 16.2. The SMILES string of the molecule is CC.CC(=O)C1CC(C)CN(C)C1.CC(C)(C)C(N)C=O.CC(C)C.CCCC(C)C(=O)C(C)=O. The van der Waals surface area contributed by atoms with E-state index in [4.69, 9.17) is 5.73 Å². The van der Waals surface area contributed by atoms with Gasteiger partial charge in [0.1, 0.15) is 12.1 Å². The molecule has 2 N–H and O–H groups in total. The van der Waals surface area contributed by atoms with Crippen LogP contribution in [0.2, 0.25) is 0 Å². The second-order valence-corrected chi connectivity index (χ2v) is 11.2. The van der Waals surface area contributed by atoms with Crippen LogP contribution < -0.4 is 5.73 Å². The molecule has 6 heteroatoms. The molecule has 35 heavy (non-hydrogen) atoms. The van der Waals surface area contributed by atoms with Gasteiger partial charge >= 0.3 is 0 Å². The molecule has 1 aliphatic rings. The summed E-state index contributed by atoms with van der Waals surface area (Å²) in [6.45, 7) is 27.5. The summed E-state index contributed by atoms with van der Waals surface area (Å²) >= 11 is 0. The van der Waals surface area contributed by atoms with Crippen LogP contribution in [0.3, 0.4) is 0 Å². The molecule has 0 aromatic rings. The van der Waals surface area contributed by atoms with E-state index >= 15 is 0 Å². The second kappa shape index (κ2) is 23.0. The summed E-state index contributed by atoms with van der Waals surface area (Å²) in [6.07, 6.45) is 3.64. The molecular formula is C29H60N2O4. The van der Waals surface area contributed by atoms with Gasteiger partial charge in [-0.05, 0) is 44.1 Å². The van der Waals surface area contributed by atoms with Gasteiger partial charge in [-0.1, -0.05) is 82.6 Å². The van der Waals surface area contributed by atoms with Gasteiger partial charge in [0.05, 0.1) is 6.04 Å². The van der Waals surface area contributed by atoms with E-state index in [0.29, 0.717) is 17.6 Å². The van der Waals surface area contributed by atoms with Gasteiger partial charge in [0.2, 0.25) is 5.78 Å². The number of carbonyl (C=O) groups excluding carboxylic acids is 4. The van der Waals surface area contributed by atoms with Crippen LogP contribution in [0.25, 0.3) is 0 Å². The highest BCUT2D eigenvalue weighted by Gasteiger charge is 2.25. The highest BCUT2D eigenvalue weighted by molar-refractivity contribution is 6.36. The van der Waals surface area contributed by atoms with E-state index in [-0.39, 0.29) is 28.9 Å². The predicted octanol–water partition coefficient (Wildman–Crippen LogP) is 5.99. The summed E-state index contributed by atoms with van der Waals surface area (Å²) in [6, 6.07) is -0.331. The Bertz CT molecular complexity index is 555. The molecule has 0 aliphatic carbocycles. The first-order chi connectivity index (χ1) is 15.9. The Hall–Kier alpha value is -1.40. The van der Waals surface area contributed by atoms with Crippen molar-refractivity contribution in [2.75, 3.05) is 20.1 Å². The molecule has 1 rings (SSSR count). The van der Waals surface area contributed by atoms with Crippen LogP contribution >= 0.6 is 0 Å². The van der Waals surface area contributed by atoms with Crippen molar-refractivity contribution >= 4 is 23.6 Å². The third kappa shape index (κ3) is 27.0. The van der Waals surface area contributed by atoms with Crippen molar-refractivity contribution in [1.82, 2.24) is 4.90 Å². The molecule has 4 unspecified atom stereocenters. The minimum Gasteiger partial charge on any atom is -0.321 e. The fourth-order valence-corrected chi connectivity index (χ4v) is 3.03. The van der Waals surface area contributed by atoms with Crippen LogP contribution in [0.4, 0.5) is 0 Å². The zero-order chi connectivity index (χ0) is 28.9. The number of aldehydes is 1. The minimum absolute atomic E-state index is 0.0810. The van der Waals surface area contributed by atoms with Crippen LogP contribution in [0, 0.1) is 29.1 Å². The number of rotatable bonds is 6. The lowest BCUT2D eigenvalue weighted by Crippen LogP contribution is -2.39. The molecule has 1 heterocycles. The number of hydrogen-bond donors (Lipinski definition) is 1. The van der Waals surface area contributed by atoms with Gasteiger partial charge in [-0.15, -0.1) is 0 Å². The number of Topliss-reactive ketones (excluding diaryl/α,β-unsaturated/α-hetero) is 3. The van der Waals surface area contributed by atoms with E-state index in [1.807, 2.05) is 41.5 Å². The summed E-state index contributed by atoms with van der Waals surface area (Å²) < 4.78 is 0. The van der Waals surface area contributed by atoms with Crippen LogP contribution in [-0.2, 0) is 19.2 Å². The number of piperidine rings is 1. The number of hydrogen-bond acceptors (Lipinski definition) is 6. The summed E-state index contributed by atoms with van der Waals surface area (Å²) in [5, 5.41) is 0. The Morgan fingerprint density at radius 3 is 1.69 bits per heavy atom. The summed E-state index contributed by atoms with van der Waals surface area (Å²) in [7, 11) is 2.09. The summed E-state index contributed by atoms with van der Waals surface area (Å²) in [5.41, 5.74) is 5.30. The number of nitrogens with zero attached hydrogens (tertiary/aromatic N) is 1. The van der Waals surface area contributed by atoms with Gasteiger partial charge in [0, 0.05) is 31.8 Å². The van der Waals surface area contributed by atoms with E-state index in [1.165, 1.54) is 6.92 Å². The molecule has 1 aliphatic heterocycles. The zero-order valence-corrected chi connectivity index (χ0v) is 25.7. The van der Waals surface area contributed by atoms with Crippen molar-refractivity contribution in [3.05, 3.63) is 0 Å². The fourth-order valence-electron chi connectivity index (χ4n) is 3.03. The number of carbonyl (C=O) groups is 4. The third-order valence-corrected chi connectivity index (χ3v) is 5.08. The first-order valence-electron chi connectivity index (χ1n) is 13.3. The lowest BCUT2D eigenvalue weighted by Gasteiger charge is -2.32. The number of nitrogens with two attached hydrogens (primary N) is 1. The molecule has 210 valence electrons. The van der Waals surface area contributed by atoms with Crippen molar-refractivity contribution < 1.29 is 19.2 Å². The Morgan fingerprint density at radius 1 is 1.03 bits per heavy atom. The Kier molecular flexibility index (Phi) is 26.8. The molecule has 0 aromatic heterocycles. The first-order valence-corrected chi connectivity index (χ1v) is 13.3. The molecule has 0 amide bonds. The van der Waals surface area contributed by atoms with Gasteiger partial charge in [-0.2, -0.15) is 0 Å². The van der Waals surface area contributed by atoms with Crippen LogP contribution in [-0.4, -0.2) is 54.7 Å². The third-order valence-electron chi connectivity index (χ3n) is 5.08. The van der Waals surface area contributed by atoms with Crippen molar-refractivity contribution in [1.29, 1.82) is 0 Å². The smallest absolute Gasteiger partial charge is 0.200 e. The van der Waals surface area contributed by atoms with Crippen molar-refractivity contribution in [3.63, 3.8) is 0 Å². The van der Waals surface area contributed by atoms with E-state index in [9.17, 15) is 19.2 Å². The average Bonchev–Trinajstić information content (AvgIpc) is 2.73. The lowest BCUT2D eigenvalue weighted by atomic mass is 9.88. The largest absolute Gasteiger partial charge is 0.321 e. The normalized spacial score (nSPS) is 19.0. The molecule has 0 radical (unpaired) electrons. The monoisotopic (exact) mass is 500 g/mol. The standard InChI is InChI=1S/C9H17NO.C8H14O2.C6H13NO.C4H10.C2H6/c1-7-4-9(8(2)11)6-10(3)5-7;1-4-5-6(2)8(10)7(3)9;1-6(2,3)5(7)4-8;1-4(2)3;1-2/h7,9H,4-6H2,1-3H3;6H,4-5H2,1-3H3;4-5H,7H2,1-3H3;4H,1-3H3;1-2H3.